The van der Waals surface area contributed by atoms with Gasteiger partial charge in [0.05, 0.1) is 18.8 Å². The molecule has 2 amide bonds. The van der Waals surface area contributed by atoms with Gasteiger partial charge in [-0.15, -0.1) is 16.4 Å². The number of carboxylic acid groups (broad SMARTS) is 2. The first kappa shape index (κ1) is 33.8. The van der Waals surface area contributed by atoms with E-state index in [1.165, 1.54) is 30.1 Å². The predicted molar refractivity (Wildman–Crippen MR) is 128 cm³/mol. The first-order valence-electron chi connectivity index (χ1n) is 11.0. The lowest BCUT2D eigenvalue weighted by molar-refractivity contribution is -0.387. The number of alkyl halides is 3. The van der Waals surface area contributed by atoms with Crippen molar-refractivity contribution in [3.63, 3.8) is 0 Å². The normalized spacial score (nSPS) is 17.5. The van der Waals surface area contributed by atoms with E-state index >= 15 is 0 Å². The first-order valence-corrected chi connectivity index (χ1v) is 13.3. The van der Waals surface area contributed by atoms with Crippen LogP contribution in [0.2, 0.25) is 0 Å². The summed E-state index contributed by atoms with van der Waals surface area (Å²) in [5.41, 5.74) is 7.35. The lowest BCUT2D eigenvalue weighted by atomic mass is 9.98. The minimum absolute atomic E-state index is 0.0699. The number of nitrogens with two attached hydrogens (primary N) is 1. The number of rotatable bonds is 10. The Balaban J connectivity index is 0.000000782. The standard InChI is InChI=1S/C16H21N9O8S2.C2HF3O2/c1-16(2,14(28)29)33-22-10(8-6-34-15(18)19-8)12(26)20-11-9(25(13(11)27)35(30,31)32)5-24-4-7(3-17)21-23-24;3-2(4,5)1(6)7/h4,6,9,11H,3,5,17H2,1-2H3,(H2,18,19)(H,20,26)(H,28,29)(H,30,31,32);(H,6,7)/b22-10-;/t9-,11+;/m1./s1. The van der Waals surface area contributed by atoms with Gasteiger partial charge in [0.2, 0.25) is 5.60 Å². The summed E-state index contributed by atoms with van der Waals surface area (Å²) in [4.78, 5) is 54.6. The molecule has 1 saturated heterocycles. The van der Waals surface area contributed by atoms with Crippen molar-refractivity contribution in [2.45, 2.75) is 50.8 Å². The van der Waals surface area contributed by atoms with E-state index in [0.717, 1.165) is 11.3 Å². The molecule has 24 heteroatoms. The van der Waals surface area contributed by atoms with Crippen molar-refractivity contribution in [2.75, 3.05) is 5.73 Å². The number of β-lactam (4-membered cyclic amide) rings is 1. The van der Waals surface area contributed by atoms with Crippen LogP contribution in [0.3, 0.4) is 0 Å². The van der Waals surface area contributed by atoms with Gasteiger partial charge in [0, 0.05) is 5.38 Å². The van der Waals surface area contributed by atoms with Crippen molar-refractivity contribution < 1.29 is 66.1 Å². The lowest BCUT2D eigenvalue weighted by Crippen LogP contribution is -2.73. The number of nitrogens with zero attached hydrogens (tertiary/aromatic N) is 6. The second kappa shape index (κ2) is 12.6. The summed E-state index contributed by atoms with van der Waals surface area (Å²) in [5.74, 6) is -6.53. The van der Waals surface area contributed by atoms with Crippen molar-refractivity contribution in [3.05, 3.63) is 23.0 Å². The predicted octanol–water partition coefficient (Wildman–Crippen LogP) is -3.86. The summed E-state index contributed by atoms with van der Waals surface area (Å²) in [6, 6.07) is -2.69. The summed E-state index contributed by atoms with van der Waals surface area (Å²) < 4.78 is 65.9. The third-order valence-corrected chi connectivity index (χ3v) is 6.63. The molecule has 19 nitrogen and oxygen atoms in total. The van der Waals surface area contributed by atoms with E-state index in [0.29, 0.717) is 12.2 Å². The maximum Gasteiger partial charge on any atom is 0.430 e. The van der Waals surface area contributed by atoms with Gasteiger partial charge in [0.1, 0.15) is 29.9 Å². The number of halogens is 3. The van der Waals surface area contributed by atoms with E-state index in [9.17, 15) is 45.6 Å². The Kier molecular flexibility index (Phi) is 10.2. The SMILES string of the molecule is CC(C)(O/N=C(\C(=O)N[C@@H]1C(=O)N(S(=O)(=O)O)[C@@H]1Cn1cc(C[NH3+])nn1)c1csc(N)n1)C(=O)O.O=C([O-])C(F)(F)F. The van der Waals surface area contributed by atoms with Crippen LogP contribution in [0.5, 0.6) is 0 Å². The van der Waals surface area contributed by atoms with Crippen molar-refractivity contribution in [2.24, 2.45) is 5.16 Å². The molecule has 0 saturated carbocycles. The maximum atomic E-state index is 13.0. The molecule has 42 heavy (non-hydrogen) atoms. The van der Waals surface area contributed by atoms with Gasteiger partial charge in [-0.2, -0.15) is 21.6 Å². The van der Waals surface area contributed by atoms with E-state index in [1.54, 1.807) is 0 Å². The molecule has 3 rings (SSSR count). The molecule has 232 valence electrons. The van der Waals surface area contributed by atoms with Crippen molar-refractivity contribution in [1.82, 2.24) is 29.6 Å². The quantitative estimate of drug-likeness (QED) is 0.0715. The van der Waals surface area contributed by atoms with Crippen LogP contribution in [0.1, 0.15) is 25.2 Å². The van der Waals surface area contributed by atoms with Crippen LogP contribution in [0, 0.1) is 0 Å². The number of carboxylic acids is 2. The fraction of sp³-hybridized carbons (Fsp3) is 0.444. The molecule has 3 heterocycles. The number of nitrogens with one attached hydrogen (secondary N) is 1. The topological polar surface area (TPSA) is 300 Å². The highest BCUT2D eigenvalue weighted by molar-refractivity contribution is 7.84. The Hall–Kier alpha value is -4.42. The fourth-order valence-corrected chi connectivity index (χ4v) is 4.30. The highest BCUT2D eigenvalue weighted by Crippen LogP contribution is 2.25. The molecule has 2 atom stereocenters. The maximum absolute atomic E-state index is 13.0. The summed E-state index contributed by atoms with van der Waals surface area (Å²) in [5, 5.41) is 33.0. The number of hydrogen-bond acceptors (Lipinski definition) is 14. The molecule has 2 aromatic heterocycles. The highest BCUT2D eigenvalue weighted by atomic mass is 32.2. The van der Waals surface area contributed by atoms with Gasteiger partial charge in [-0.3, -0.25) is 14.1 Å². The first-order chi connectivity index (χ1) is 19.2. The number of nitrogen functional groups attached to an aromatic ring is 1. The number of anilines is 1. The molecule has 0 aliphatic carbocycles. The average molecular weight is 646 g/mol. The van der Waals surface area contributed by atoms with Crippen molar-refractivity contribution in [1.29, 1.82) is 0 Å². The van der Waals surface area contributed by atoms with E-state index in [1.807, 2.05) is 0 Å². The van der Waals surface area contributed by atoms with Crippen molar-refractivity contribution in [3.8, 4) is 0 Å². The van der Waals surface area contributed by atoms with Gasteiger partial charge < -0.3 is 36.6 Å². The Labute approximate surface area is 236 Å². The second-order valence-electron chi connectivity index (χ2n) is 8.52. The van der Waals surface area contributed by atoms with E-state index in [2.05, 4.69) is 31.5 Å². The minimum Gasteiger partial charge on any atom is -0.542 e. The molecule has 2 aromatic rings. The minimum atomic E-state index is -5.19. The molecule has 1 aliphatic heterocycles. The number of aliphatic carboxylic acids is 2. The van der Waals surface area contributed by atoms with Crippen LogP contribution in [-0.4, -0.2) is 95.7 Å². The Bertz CT molecular complexity index is 1490. The van der Waals surface area contributed by atoms with Crippen LogP contribution < -0.4 is 21.9 Å². The Morgan fingerprint density at radius 1 is 1.33 bits per heavy atom. The van der Waals surface area contributed by atoms with Crippen molar-refractivity contribution >= 4 is 56.2 Å². The number of oxime groups is 1. The molecule has 8 N–H and O–H groups in total. The van der Waals surface area contributed by atoms with Crippen LogP contribution in [0.15, 0.2) is 16.7 Å². The van der Waals surface area contributed by atoms with E-state index in [-0.39, 0.29) is 21.7 Å². The third kappa shape index (κ3) is 8.30. The zero-order chi connectivity index (χ0) is 32.2. The highest BCUT2D eigenvalue weighted by Gasteiger charge is 2.54. The van der Waals surface area contributed by atoms with Gasteiger partial charge >= 0.3 is 22.4 Å². The molecule has 0 bridgehead atoms. The number of aromatic nitrogens is 4. The summed E-state index contributed by atoms with van der Waals surface area (Å²) in [6.45, 7) is 2.44. The second-order valence-corrected chi connectivity index (χ2v) is 10.7. The largest absolute Gasteiger partial charge is 0.542 e. The number of thiazole rings is 1. The fourth-order valence-electron chi connectivity index (χ4n) is 2.88. The molecular formula is C18H22F3N9O10S2. The van der Waals surface area contributed by atoms with Crippen LogP contribution in [-0.2, 0) is 47.4 Å². The molecular weight excluding hydrogens is 623 g/mol. The number of carbonyl (C=O) groups is 4. The van der Waals surface area contributed by atoms with Gasteiger partial charge in [-0.05, 0) is 13.8 Å². The van der Waals surface area contributed by atoms with Crippen LogP contribution in [0.4, 0.5) is 18.3 Å². The van der Waals surface area contributed by atoms with E-state index in [4.69, 9.17) is 20.5 Å². The number of amides is 2. The summed E-state index contributed by atoms with van der Waals surface area (Å²) >= 11 is 0.962. The molecule has 0 spiro atoms. The molecule has 0 radical (unpaired) electrons. The molecule has 1 fully saturated rings. The molecule has 1 aliphatic rings. The molecule has 0 unspecified atom stereocenters. The summed E-state index contributed by atoms with van der Waals surface area (Å²) in [7, 11) is -4.95. The van der Waals surface area contributed by atoms with Gasteiger partial charge in [-0.25, -0.2) is 18.8 Å². The number of quaternary nitrogens is 1. The monoisotopic (exact) mass is 645 g/mol. The zero-order valence-corrected chi connectivity index (χ0v) is 22.9. The molecule has 0 aromatic carbocycles. The smallest absolute Gasteiger partial charge is 0.430 e. The number of carbonyl (C=O) groups excluding carboxylic acids is 3. The van der Waals surface area contributed by atoms with E-state index < -0.39 is 63.6 Å². The van der Waals surface area contributed by atoms with Gasteiger partial charge in [0.25, 0.3) is 11.8 Å². The summed E-state index contributed by atoms with van der Waals surface area (Å²) in [6.07, 6.45) is -3.73. The Morgan fingerprint density at radius 3 is 2.36 bits per heavy atom. The van der Waals surface area contributed by atoms with Crippen LogP contribution in [0.25, 0.3) is 0 Å². The third-order valence-electron chi connectivity index (χ3n) is 5.01. The van der Waals surface area contributed by atoms with Crippen LogP contribution >= 0.6 is 11.3 Å². The lowest BCUT2D eigenvalue weighted by Gasteiger charge is -2.43. The number of hydrogen-bond donors (Lipinski definition) is 5. The average Bonchev–Trinajstić information content (AvgIpc) is 3.50. The Morgan fingerprint density at radius 2 is 1.93 bits per heavy atom. The van der Waals surface area contributed by atoms with Gasteiger partial charge in [0.15, 0.2) is 10.8 Å². The zero-order valence-electron chi connectivity index (χ0n) is 21.3. The van der Waals surface area contributed by atoms with Gasteiger partial charge in [-0.1, -0.05) is 10.4 Å².